The molecular weight excluding hydrogens is 264 g/mol. The maximum atomic E-state index is 12.5. The number of nitrogens with zero attached hydrogens (tertiary/aromatic N) is 1. The molecule has 2 N–H and O–H groups in total. The molecule has 0 fully saturated rings. The molecule has 0 radical (unpaired) electrons. The molecule has 116 valence electrons. The van der Waals surface area contributed by atoms with E-state index >= 15 is 0 Å². The van der Waals surface area contributed by atoms with Gasteiger partial charge >= 0.3 is 0 Å². The zero-order valence-corrected chi connectivity index (χ0v) is 13.5. The van der Waals surface area contributed by atoms with Crippen molar-refractivity contribution in [1.82, 2.24) is 0 Å². The smallest absolute Gasteiger partial charge is 0.270 e. The van der Waals surface area contributed by atoms with Crippen LogP contribution in [0.1, 0.15) is 58.6 Å². The van der Waals surface area contributed by atoms with E-state index in [1.807, 2.05) is 39.0 Å². The molecule has 1 aliphatic rings. The first-order chi connectivity index (χ1) is 9.90. The predicted octanol–water partition coefficient (Wildman–Crippen LogP) is 3.40. The van der Waals surface area contributed by atoms with E-state index in [9.17, 15) is 4.79 Å². The number of fused-ring (bicyclic) bond motifs is 1. The molecule has 1 aromatic carbocycles. The normalized spacial score (nSPS) is 18.1. The monoisotopic (exact) mass is 290 g/mol. The van der Waals surface area contributed by atoms with Crippen molar-refractivity contribution in [2.24, 2.45) is 5.73 Å². The van der Waals surface area contributed by atoms with Crippen molar-refractivity contribution < 1.29 is 9.53 Å². The van der Waals surface area contributed by atoms with Crippen molar-refractivity contribution in [3.63, 3.8) is 0 Å². The summed E-state index contributed by atoms with van der Waals surface area (Å²) < 4.78 is 5.85. The van der Waals surface area contributed by atoms with E-state index in [0.29, 0.717) is 6.54 Å². The van der Waals surface area contributed by atoms with Gasteiger partial charge in [-0.2, -0.15) is 0 Å². The lowest BCUT2D eigenvalue weighted by molar-refractivity contribution is -0.132. The van der Waals surface area contributed by atoms with E-state index in [1.54, 1.807) is 4.90 Å². The van der Waals surface area contributed by atoms with Gasteiger partial charge < -0.3 is 15.4 Å². The molecule has 0 bridgehead atoms. The number of hydrogen-bond donors (Lipinski definition) is 1. The molecule has 1 heterocycles. The van der Waals surface area contributed by atoms with Crippen LogP contribution in [0.5, 0.6) is 5.75 Å². The zero-order valence-electron chi connectivity index (χ0n) is 13.5. The lowest BCUT2D eigenvalue weighted by atomic mass is 9.98. The van der Waals surface area contributed by atoms with Gasteiger partial charge in [0, 0.05) is 12.6 Å². The number of carbonyl (C=O) groups excluding carboxylic acids is 1. The van der Waals surface area contributed by atoms with Crippen LogP contribution < -0.4 is 15.4 Å². The molecular formula is C17H26N2O2. The Morgan fingerprint density at radius 2 is 2.05 bits per heavy atom. The Hall–Kier alpha value is -1.55. The van der Waals surface area contributed by atoms with Crippen molar-refractivity contribution in [2.45, 2.75) is 58.6 Å². The van der Waals surface area contributed by atoms with Gasteiger partial charge in [-0.15, -0.1) is 0 Å². The standard InChI is InChI=1S/C17H26N2O2/c1-5-7-8-13(18)12-9-10-15-14(11-12)19(6-2)16(20)17(3,4)21-15/h9-11,13H,5-8,18H2,1-4H3. The maximum Gasteiger partial charge on any atom is 0.270 e. The van der Waals surface area contributed by atoms with Crippen LogP contribution in [-0.4, -0.2) is 18.1 Å². The third kappa shape index (κ3) is 3.05. The molecule has 1 amide bonds. The molecule has 1 atom stereocenters. The molecule has 1 aliphatic heterocycles. The van der Waals surface area contributed by atoms with Crippen LogP contribution in [0.15, 0.2) is 18.2 Å². The third-order valence-corrected chi connectivity index (χ3v) is 4.01. The van der Waals surface area contributed by atoms with Gasteiger partial charge in [-0.1, -0.05) is 25.8 Å². The lowest BCUT2D eigenvalue weighted by Gasteiger charge is -2.38. The summed E-state index contributed by atoms with van der Waals surface area (Å²) in [6, 6.07) is 5.97. The van der Waals surface area contributed by atoms with Gasteiger partial charge in [0.1, 0.15) is 5.75 Å². The molecule has 2 rings (SSSR count). The fourth-order valence-corrected chi connectivity index (χ4v) is 2.72. The summed E-state index contributed by atoms with van der Waals surface area (Å²) in [6.07, 6.45) is 3.20. The molecule has 0 spiro atoms. The number of amides is 1. The highest BCUT2D eigenvalue weighted by Crippen LogP contribution is 2.39. The molecule has 0 saturated carbocycles. The quantitative estimate of drug-likeness (QED) is 0.904. The molecule has 1 aromatic rings. The number of anilines is 1. The number of likely N-dealkylation sites (N-methyl/N-ethyl adjacent to an activating group) is 1. The Morgan fingerprint density at radius 1 is 1.33 bits per heavy atom. The molecule has 0 aliphatic carbocycles. The summed E-state index contributed by atoms with van der Waals surface area (Å²) in [5, 5.41) is 0. The Morgan fingerprint density at radius 3 is 2.67 bits per heavy atom. The second kappa shape index (κ2) is 6.06. The highest BCUT2D eigenvalue weighted by molar-refractivity contribution is 6.02. The first-order valence-corrected chi connectivity index (χ1v) is 7.81. The molecule has 4 nitrogen and oxygen atoms in total. The molecule has 0 aromatic heterocycles. The van der Waals surface area contributed by atoms with Crippen molar-refractivity contribution in [3.05, 3.63) is 23.8 Å². The number of rotatable bonds is 5. The van der Waals surface area contributed by atoms with Crippen molar-refractivity contribution in [2.75, 3.05) is 11.4 Å². The van der Waals surface area contributed by atoms with E-state index in [0.717, 1.165) is 36.3 Å². The summed E-state index contributed by atoms with van der Waals surface area (Å²) in [5.41, 5.74) is 7.34. The second-order valence-electron chi connectivity index (χ2n) is 6.14. The van der Waals surface area contributed by atoms with Gasteiger partial charge in [0.15, 0.2) is 5.60 Å². The lowest BCUT2D eigenvalue weighted by Crippen LogP contribution is -2.52. The van der Waals surface area contributed by atoms with Gasteiger partial charge in [-0.25, -0.2) is 0 Å². The van der Waals surface area contributed by atoms with E-state index in [2.05, 4.69) is 6.92 Å². The van der Waals surface area contributed by atoms with Gasteiger partial charge in [0.05, 0.1) is 5.69 Å². The summed E-state index contributed by atoms with van der Waals surface area (Å²) >= 11 is 0. The SMILES string of the molecule is CCCCC(N)c1ccc2c(c1)N(CC)C(=O)C(C)(C)O2. The van der Waals surface area contributed by atoms with E-state index in [1.165, 1.54) is 0 Å². The molecule has 1 unspecified atom stereocenters. The highest BCUT2D eigenvalue weighted by Gasteiger charge is 2.40. The zero-order chi connectivity index (χ0) is 15.6. The first-order valence-electron chi connectivity index (χ1n) is 7.81. The van der Waals surface area contributed by atoms with Crippen molar-refractivity contribution >= 4 is 11.6 Å². The third-order valence-electron chi connectivity index (χ3n) is 4.01. The van der Waals surface area contributed by atoms with Crippen LogP contribution in [0.4, 0.5) is 5.69 Å². The molecule has 0 saturated heterocycles. The highest BCUT2D eigenvalue weighted by atomic mass is 16.5. The number of unbranched alkanes of at least 4 members (excludes halogenated alkanes) is 1. The van der Waals surface area contributed by atoms with Gasteiger partial charge in [-0.3, -0.25) is 4.79 Å². The number of benzene rings is 1. The fraction of sp³-hybridized carbons (Fsp3) is 0.588. The number of carbonyl (C=O) groups is 1. The maximum absolute atomic E-state index is 12.5. The molecule has 4 heteroatoms. The van der Waals surface area contributed by atoms with E-state index in [-0.39, 0.29) is 11.9 Å². The van der Waals surface area contributed by atoms with Crippen LogP contribution in [0.2, 0.25) is 0 Å². The number of nitrogens with two attached hydrogens (primary N) is 1. The van der Waals surface area contributed by atoms with Crippen molar-refractivity contribution in [1.29, 1.82) is 0 Å². The summed E-state index contributed by atoms with van der Waals surface area (Å²) in [7, 11) is 0. The Balaban J connectivity index is 2.35. The Kier molecular flexibility index (Phi) is 4.57. The van der Waals surface area contributed by atoms with Crippen LogP contribution in [0.3, 0.4) is 0 Å². The first kappa shape index (κ1) is 15.8. The van der Waals surface area contributed by atoms with E-state index in [4.69, 9.17) is 10.5 Å². The summed E-state index contributed by atoms with van der Waals surface area (Å²) in [6.45, 7) is 8.38. The fourth-order valence-electron chi connectivity index (χ4n) is 2.72. The van der Waals surface area contributed by atoms with Crippen molar-refractivity contribution in [3.8, 4) is 5.75 Å². The predicted molar refractivity (Wildman–Crippen MR) is 85.6 cm³/mol. The average molecular weight is 290 g/mol. The van der Waals surface area contributed by atoms with Gasteiger partial charge in [0.2, 0.25) is 0 Å². The average Bonchev–Trinajstić information content (AvgIpc) is 2.45. The minimum Gasteiger partial charge on any atom is -0.476 e. The topological polar surface area (TPSA) is 55.6 Å². The number of hydrogen-bond acceptors (Lipinski definition) is 3. The Labute approximate surface area is 127 Å². The van der Waals surface area contributed by atoms with Crippen LogP contribution in [0.25, 0.3) is 0 Å². The van der Waals surface area contributed by atoms with Gasteiger partial charge in [0.25, 0.3) is 5.91 Å². The van der Waals surface area contributed by atoms with Gasteiger partial charge in [-0.05, 0) is 44.9 Å². The second-order valence-corrected chi connectivity index (χ2v) is 6.14. The number of ether oxygens (including phenoxy) is 1. The summed E-state index contributed by atoms with van der Waals surface area (Å²) in [4.78, 5) is 14.3. The Bertz CT molecular complexity index is 526. The van der Waals surface area contributed by atoms with Crippen LogP contribution in [0, 0.1) is 0 Å². The molecule has 21 heavy (non-hydrogen) atoms. The van der Waals surface area contributed by atoms with Crippen LogP contribution >= 0.6 is 0 Å². The largest absolute Gasteiger partial charge is 0.476 e. The minimum atomic E-state index is -0.811. The minimum absolute atomic E-state index is 0.00298. The van der Waals surface area contributed by atoms with E-state index < -0.39 is 5.60 Å². The van der Waals surface area contributed by atoms with Crippen LogP contribution in [-0.2, 0) is 4.79 Å². The summed E-state index contributed by atoms with van der Waals surface area (Å²) in [5.74, 6) is 0.754.